The fourth-order valence-electron chi connectivity index (χ4n) is 8.96. The van der Waals surface area contributed by atoms with Gasteiger partial charge in [-0.3, -0.25) is 9.59 Å². The van der Waals surface area contributed by atoms with Crippen LogP contribution < -0.4 is 16.2 Å². The summed E-state index contributed by atoms with van der Waals surface area (Å²) in [5.41, 5.74) is 6.87. The molecule has 0 bridgehead atoms. The number of rotatable bonds is 48. The lowest BCUT2D eigenvalue weighted by atomic mass is 10.0. The molecule has 1 aromatic rings. The van der Waals surface area contributed by atoms with Gasteiger partial charge in [-0.05, 0) is 103 Å². The highest BCUT2D eigenvalue weighted by Crippen LogP contribution is 2.23. The SMILES string of the molecule is C=C=C(CCCCCCCN(CCCCCCCC(=C=C)OC(CCCCCCCC)CCCCCCCC)CCCNc1c(CC)c(=O)c1=O)OC(CC)CCCCCCCC.CC.[HH].[HH]. The van der Waals surface area contributed by atoms with E-state index in [0.29, 0.717) is 29.9 Å². The molecule has 0 saturated carbocycles. The van der Waals surface area contributed by atoms with Gasteiger partial charge in [0.1, 0.15) is 11.5 Å². The molecule has 0 heterocycles. The molecule has 1 rings (SSSR count). The number of ether oxygens (including phenoxy) is 2. The van der Waals surface area contributed by atoms with Gasteiger partial charge in [0.25, 0.3) is 0 Å². The Balaban J connectivity index is -0.0000101. The van der Waals surface area contributed by atoms with E-state index < -0.39 is 0 Å². The van der Waals surface area contributed by atoms with Crippen LogP contribution in [0.5, 0.6) is 0 Å². The smallest absolute Gasteiger partial charge is 0.249 e. The molecule has 6 heteroatoms. The molecule has 0 aromatic heterocycles. The fourth-order valence-corrected chi connectivity index (χ4v) is 8.96. The van der Waals surface area contributed by atoms with Crippen molar-refractivity contribution in [3.63, 3.8) is 0 Å². The van der Waals surface area contributed by atoms with E-state index >= 15 is 0 Å². The first kappa shape index (κ1) is 62.5. The second-order valence-corrected chi connectivity index (χ2v) is 18.8. The zero-order valence-electron chi connectivity index (χ0n) is 44.4. The minimum absolute atomic E-state index is 0. The Labute approximate surface area is 407 Å². The summed E-state index contributed by atoms with van der Waals surface area (Å²) >= 11 is 0. The third-order valence-corrected chi connectivity index (χ3v) is 13.2. The van der Waals surface area contributed by atoms with E-state index in [1.807, 2.05) is 20.8 Å². The summed E-state index contributed by atoms with van der Waals surface area (Å²) in [6, 6.07) is 0. The van der Waals surface area contributed by atoms with Crippen LogP contribution in [0.4, 0.5) is 5.69 Å². The first-order valence-corrected chi connectivity index (χ1v) is 28.3. The zero-order valence-corrected chi connectivity index (χ0v) is 44.4. The summed E-state index contributed by atoms with van der Waals surface area (Å²) in [6.07, 6.45) is 44.5. The molecular weight excluding hydrogens is 801 g/mol. The molecule has 382 valence electrons. The van der Waals surface area contributed by atoms with E-state index in [2.05, 4.69) is 62.5 Å². The Kier molecular flexibility index (Phi) is 44.8. The Morgan fingerprint density at radius 1 is 0.508 bits per heavy atom. The molecule has 0 spiro atoms. The van der Waals surface area contributed by atoms with Gasteiger partial charge in [0, 0.05) is 27.8 Å². The summed E-state index contributed by atoms with van der Waals surface area (Å²) in [6.45, 7) is 27.0. The Morgan fingerprint density at radius 3 is 1.29 bits per heavy atom. The molecule has 0 amide bonds. The van der Waals surface area contributed by atoms with Gasteiger partial charge in [-0.1, -0.05) is 208 Å². The average molecular weight is 914 g/mol. The summed E-state index contributed by atoms with van der Waals surface area (Å²) in [4.78, 5) is 26.6. The van der Waals surface area contributed by atoms with Crippen LogP contribution in [0.2, 0.25) is 0 Å². The molecule has 1 atom stereocenters. The third kappa shape index (κ3) is 33.6. The number of anilines is 1. The standard InChI is InChI=1S/C57H102N2O4.C2H6.2H2/c1-8-15-18-21-26-33-41-50(11-4)62-51(12-5)42-34-29-24-31-38-47-59(49-40-46-58-55-54(14-7)56(60)57(55)61)48-39-32-25-30-35-43-52(13-6)63-53(44-36-27-22-19-16-9-2)45-37-28-23-20-17-10-3;1-2;;/h50,53,58H,5-6,8-11,14-49H2,1-4,7H3;1-2H3;2*1H. The van der Waals surface area contributed by atoms with Crippen molar-refractivity contribution in [3.8, 4) is 0 Å². The van der Waals surface area contributed by atoms with Crippen molar-refractivity contribution >= 4 is 5.69 Å². The van der Waals surface area contributed by atoms with Crippen LogP contribution in [0, 0.1) is 0 Å². The molecule has 0 fully saturated rings. The molecule has 0 aliphatic heterocycles. The molecule has 0 radical (unpaired) electrons. The number of allylic oxidation sites excluding steroid dienone is 2. The molecule has 1 unspecified atom stereocenters. The maximum absolute atomic E-state index is 12.1. The van der Waals surface area contributed by atoms with Crippen molar-refractivity contribution in [2.24, 2.45) is 0 Å². The van der Waals surface area contributed by atoms with Crippen molar-refractivity contribution in [2.45, 2.75) is 292 Å². The third-order valence-electron chi connectivity index (χ3n) is 13.2. The Morgan fingerprint density at radius 2 is 0.877 bits per heavy atom. The highest BCUT2D eigenvalue weighted by Gasteiger charge is 2.18. The quantitative estimate of drug-likeness (QED) is 0.0304. The maximum atomic E-state index is 12.1. The first-order valence-electron chi connectivity index (χ1n) is 28.3. The zero-order chi connectivity index (χ0) is 48.0. The van der Waals surface area contributed by atoms with E-state index in [-0.39, 0.29) is 13.7 Å². The van der Waals surface area contributed by atoms with Gasteiger partial charge >= 0.3 is 0 Å². The molecule has 0 saturated heterocycles. The van der Waals surface area contributed by atoms with Crippen LogP contribution in [0.3, 0.4) is 0 Å². The van der Waals surface area contributed by atoms with Crippen LogP contribution >= 0.6 is 0 Å². The van der Waals surface area contributed by atoms with E-state index in [9.17, 15) is 9.59 Å². The van der Waals surface area contributed by atoms with E-state index in [4.69, 9.17) is 9.47 Å². The minimum Gasteiger partial charge on any atom is -0.487 e. The van der Waals surface area contributed by atoms with Gasteiger partial charge in [-0.15, -0.1) is 0 Å². The molecular formula is C59H112N2O4. The number of hydrogen-bond acceptors (Lipinski definition) is 6. The Hall–Kier alpha value is -2.52. The van der Waals surface area contributed by atoms with Crippen LogP contribution in [0.1, 0.15) is 282 Å². The maximum Gasteiger partial charge on any atom is 0.249 e. The summed E-state index contributed by atoms with van der Waals surface area (Å²) in [7, 11) is 0. The van der Waals surface area contributed by atoms with E-state index in [1.165, 1.54) is 167 Å². The van der Waals surface area contributed by atoms with E-state index in [0.717, 1.165) is 95.5 Å². The van der Waals surface area contributed by atoms with Crippen molar-refractivity contribution in [3.05, 3.63) is 62.1 Å². The van der Waals surface area contributed by atoms with Crippen molar-refractivity contribution in [1.29, 1.82) is 0 Å². The van der Waals surface area contributed by atoms with Gasteiger partial charge in [-0.25, -0.2) is 0 Å². The molecule has 1 aromatic carbocycles. The predicted molar refractivity (Wildman–Crippen MR) is 291 cm³/mol. The number of nitrogens with one attached hydrogen (secondary N) is 1. The van der Waals surface area contributed by atoms with Crippen molar-refractivity contribution in [2.75, 3.05) is 31.5 Å². The molecule has 0 aliphatic carbocycles. The molecule has 65 heavy (non-hydrogen) atoms. The largest absolute Gasteiger partial charge is 0.487 e. The average Bonchev–Trinajstić information content (AvgIpc) is 3.33. The summed E-state index contributed by atoms with van der Waals surface area (Å²) in [5.74, 6) is 1.95. The van der Waals surface area contributed by atoms with Gasteiger partial charge in [0.05, 0.1) is 17.9 Å². The van der Waals surface area contributed by atoms with Gasteiger partial charge in [0.15, 0.2) is 0 Å². The van der Waals surface area contributed by atoms with Crippen molar-refractivity contribution in [1.82, 2.24) is 4.90 Å². The van der Waals surface area contributed by atoms with Gasteiger partial charge in [0.2, 0.25) is 10.9 Å². The normalized spacial score (nSPS) is 11.6. The van der Waals surface area contributed by atoms with Crippen LogP contribution in [0.15, 0.2) is 45.7 Å². The van der Waals surface area contributed by atoms with E-state index in [1.54, 1.807) is 0 Å². The number of nitrogens with zero attached hydrogens (tertiary/aromatic N) is 1. The lowest BCUT2D eigenvalue weighted by Gasteiger charge is -2.23. The molecule has 6 nitrogen and oxygen atoms in total. The minimum atomic E-state index is -0.340. The topological polar surface area (TPSA) is 67.9 Å². The summed E-state index contributed by atoms with van der Waals surface area (Å²) < 4.78 is 13.0. The fraction of sp³-hybridized carbons (Fsp3) is 0.831. The lowest BCUT2D eigenvalue weighted by Crippen LogP contribution is -2.38. The molecule has 0 aliphatic rings. The first-order chi connectivity index (χ1) is 31.9. The van der Waals surface area contributed by atoms with Crippen LogP contribution in [0.25, 0.3) is 0 Å². The van der Waals surface area contributed by atoms with Gasteiger partial charge in [-0.2, -0.15) is 0 Å². The highest BCUT2D eigenvalue weighted by molar-refractivity contribution is 5.56. The monoisotopic (exact) mass is 913 g/mol. The summed E-state index contributed by atoms with van der Waals surface area (Å²) in [5, 5.41) is 3.29. The predicted octanol–water partition coefficient (Wildman–Crippen LogP) is 17.9. The Bertz CT molecular complexity index is 1380. The highest BCUT2D eigenvalue weighted by atomic mass is 16.5. The second kappa shape index (κ2) is 46.6. The molecule has 1 N–H and O–H groups in total. The lowest BCUT2D eigenvalue weighted by molar-refractivity contribution is 0.0890. The number of unbranched alkanes of at least 4 members (excludes halogenated alkanes) is 23. The van der Waals surface area contributed by atoms with Crippen molar-refractivity contribution < 1.29 is 12.3 Å². The second-order valence-electron chi connectivity index (χ2n) is 18.8. The van der Waals surface area contributed by atoms with Crippen LogP contribution in [-0.2, 0) is 15.9 Å². The van der Waals surface area contributed by atoms with Crippen LogP contribution in [-0.4, -0.2) is 43.3 Å². The number of hydrogen-bond donors (Lipinski definition) is 1. The van der Waals surface area contributed by atoms with Gasteiger partial charge < -0.3 is 19.7 Å².